The predicted octanol–water partition coefficient (Wildman–Crippen LogP) is 2.73. The Bertz CT molecular complexity index is 500. The second-order valence-corrected chi connectivity index (χ2v) is 5.37. The van der Waals surface area contributed by atoms with Gasteiger partial charge in [0, 0.05) is 13.2 Å². The van der Waals surface area contributed by atoms with Gasteiger partial charge in [0.15, 0.2) is 5.92 Å². The topological polar surface area (TPSA) is 93.1 Å². The van der Waals surface area contributed by atoms with Crippen LogP contribution in [0, 0.1) is 5.92 Å². The minimum atomic E-state index is -1.47. The number of carboxylic acids is 2. The Morgan fingerprint density at radius 2 is 1.79 bits per heavy atom. The summed E-state index contributed by atoms with van der Waals surface area (Å²) >= 11 is 0. The van der Waals surface area contributed by atoms with Gasteiger partial charge in [0.2, 0.25) is 0 Å². The van der Waals surface area contributed by atoms with Crippen molar-refractivity contribution in [1.82, 2.24) is 0 Å². The number of carbonyl (C=O) groups is 2. The average Bonchev–Trinajstić information content (AvgIpc) is 2.55. The Morgan fingerprint density at radius 1 is 1.12 bits per heavy atom. The highest BCUT2D eigenvalue weighted by Crippen LogP contribution is 2.14. The molecule has 0 aliphatic rings. The fourth-order valence-corrected chi connectivity index (χ4v) is 2.16. The van der Waals surface area contributed by atoms with Crippen LogP contribution in [0.15, 0.2) is 43.0 Å². The monoisotopic (exact) mass is 336 g/mol. The van der Waals surface area contributed by atoms with Crippen molar-refractivity contribution in [3.05, 3.63) is 48.6 Å². The van der Waals surface area contributed by atoms with E-state index in [1.807, 2.05) is 30.3 Å². The Labute approximate surface area is 141 Å². The molecule has 1 atom stereocenters. The molecule has 0 saturated heterocycles. The van der Waals surface area contributed by atoms with Gasteiger partial charge in [-0.2, -0.15) is 0 Å². The summed E-state index contributed by atoms with van der Waals surface area (Å²) in [5, 5.41) is 17.9. The van der Waals surface area contributed by atoms with Gasteiger partial charge >= 0.3 is 11.9 Å². The first-order valence-corrected chi connectivity index (χ1v) is 7.84. The summed E-state index contributed by atoms with van der Waals surface area (Å²) < 4.78 is 11.1. The largest absolute Gasteiger partial charge is 0.481 e. The third kappa shape index (κ3) is 7.89. The van der Waals surface area contributed by atoms with Crippen LogP contribution in [-0.2, 0) is 25.7 Å². The van der Waals surface area contributed by atoms with Crippen molar-refractivity contribution in [1.29, 1.82) is 0 Å². The SMILES string of the molecule is C=CCC(CC(C(=O)O)C(=O)O)OCCCOCc1ccccc1. The lowest BCUT2D eigenvalue weighted by molar-refractivity contribution is -0.156. The van der Waals surface area contributed by atoms with E-state index in [-0.39, 0.29) is 6.42 Å². The molecule has 0 bridgehead atoms. The van der Waals surface area contributed by atoms with Crippen LogP contribution in [-0.4, -0.2) is 41.5 Å². The van der Waals surface area contributed by atoms with Gasteiger partial charge in [0.25, 0.3) is 0 Å². The summed E-state index contributed by atoms with van der Waals surface area (Å²) in [6.45, 7) is 5.00. The smallest absolute Gasteiger partial charge is 0.317 e. The quantitative estimate of drug-likeness (QED) is 0.327. The molecule has 24 heavy (non-hydrogen) atoms. The first-order chi connectivity index (χ1) is 11.5. The molecule has 0 saturated carbocycles. The molecule has 0 amide bonds. The van der Waals surface area contributed by atoms with E-state index in [1.165, 1.54) is 0 Å². The summed E-state index contributed by atoms with van der Waals surface area (Å²) in [6.07, 6.45) is 2.08. The van der Waals surface area contributed by atoms with Crippen LogP contribution < -0.4 is 0 Å². The van der Waals surface area contributed by atoms with Crippen molar-refractivity contribution < 1.29 is 29.3 Å². The first kappa shape index (κ1) is 19.9. The Hall–Kier alpha value is -2.18. The maximum atomic E-state index is 10.9. The standard InChI is InChI=1S/C18H24O6/c1-2-7-15(12-16(17(19)20)18(21)22)24-11-6-10-23-13-14-8-4-3-5-9-14/h2-5,8-9,15-16H,1,6-7,10-13H2,(H,19,20)(H,21,22). The van der Waals surface area contributed by atoms with E-state index in [1.54, 1.807) is 6.08 Å². The molecule has 1 aromatic carbocycles. The van der Waals surface area contributed by atoms with Crippen LogP contribution in [0.2, 0.25) is 0 Å². The van der Waals surface area contributed by atoms with Crippen molar-refractivity contribution in [3.8, 4) is 0 Å². The molecule has 0 heterocycles. The van der Waals surface area contributed by atoms with Crippen LogP contribution in [0.25, 0.3) is 0 Å². The molecule has 0 aliphatic carbocycles. The van der Waals surface area contributed by atoms with Crippen molar-refractivity contribution in [3.63, 3.8) is 0 Å². The highest BCUT2D eigenvalue weighted by molar-refractivity contribution is 5.92. The van der Waals surface area contributed by atoms with Crippen molar-refractivity contribution in [2.24, 2.45) is 5.92 Å². The second kappa shape index (κ2) is 11.4. The molecule has 0 fully saturated rings. The van der Waals surface area contributed by atoms with E-state index in [9.17, 15) is 9.59 Å². The van der Waals surface area contributed by atoms with E-state index >= 15 is 0 Å². The van der Waals surface area contributed by atoms with Gasteiger partial charge in [-0.1, -0.05) is 36.4 Å². The van der Waals surface area contributed by atoms with Gasteiger partial charge in [-0.25, -0.2) is 0 Å². The molecular formula is C18H24O6. The Balaban J connectivity index is 2.26. The zero-order valence-electron chi connectivity index (χ0n) is 13.6. The summed E-state index contributed by atoms with van der Waals surface area (Å²) in [4.78, 5) is 21.9. The number of rotatable bonds is 13. The molecule has 132 valence electrons. The van der Waals surface area contributed by atoms with Gasteiger partial charge in [-0.3, -0.25) is 9.59 Å². The van der Waals surface area contributed by atoms with E-state index in [0.29, 0.717) is 32.7 Å². The van der Waals surface area contributed by atoms with E-state index in [0.717, 1.165) is 5.56 Å². The number of ether oxygens (including phenoxy) is 2. The molecule has 0 aromatic heterocycles. The normalized spacial score (nSPS) is 12.0. The number of hydrogen-bond donors (Lipinski definition) is 2. The van der Waals surface area contributed by atoms with Gasteiger partial charge in [0.1, 0.15) is 0 Å². The maximum Gasteiger partial charge on any atom is 0.317 e. The highest BCUT2D eigenvalue weighted by Gasteiger charge is 2.29. The lowest BCUT2D eigenvalue weighted by Crippen LogP contribution is -2.29. The van der Waals surface area contributed by atoms with E-state index in [4.69, 9.17) is 19.7 Å². The molecule has 1 aromatic rings. The molecule has 0 radical (unpaired) electrons. The summed E-state index contributed by atoms with van der Waals surface area (Å²) in [5.74, 6) is -4.18. The van der Waals surface area contributed by atoms with Crippen LogP contribution in [0.1, 0.15) is 24.8 Å². The summed E-state index contributed by atoms with van der Waals surface area (Å²) in [6, 6.07) is 9.80. The molecule has 1 rings (SSSR count). The number of carboxylic acid groups (broad SMARTS) is 2. The molecular weight excluding hydrogens is 312 g/mol. The third-order valence-corrected chi connectivity index (χ3v) is 3.42. The second-order valence-electron chi connectivity index (χ2n) is 5.37. The molecule has 0 aliphatic heterocycles. The number of aliphatic carboxylic acids is 2. The highest BCUT2D eigenvalue weighted by atomic mass is 16.5. The van der Waals surface area contributed by atoms with Crippen LogP contribution in [0.4, 0.5) is 0 Å². The Kier molecular flexibility index (Phi) is 9.41. The van der Waals surface area contributed by atoms with Gasteiger partial charge in [0.05, 0.1) is 12.7 Å². The Morgan fingerprint density at radius 3 is 2.38 bits per heavy atom. The van der Waals surface area contributed by atoms with Crippen molar-refractivity contribution in [2.75, 3.05) is 13.2 Å². The summed E-state index contributed by atoms with van der Waals surface area (Å²) in [5.41, 5.74) is 1.09. The third-order valence-electron chi connectivity index (χ3n) is 3.42. The van der Waals surface area contributed by atoms with Crippen molar-refractivity contribution in [2.45, 2.75) is 32.0 Å². The lowest BCUT2D eigenvalue weighted by Gasteiger charge is -2.18. The van der Waals surface area contributed by atoms with E-state index in [2.05, 4.69) is 6.58 Å². The van der Waals surface area contributed by atoms with Crippen LogP contribution in [0.3, 0.4) is 0 Å². The molecule has 6 nitrogen and oxygen atoms in total. The first-order valence-electron chi connectivity index (χ1n) is 7.84. The van der Waals surface area contributed by atoms with Crippen LogP contribution >= 0.6 is 0 Å². The average molecular weight is 336 g/mol. The minimum absolute atomic E-state index is 0.0818. The number of hydrogen-bond acceptors (Lipinski definition) is 4. The minimum Gasteiger partial charge on any atom is -0.481 e. The maximum absolute atomic E-state index is 10.9. The van der Waals surface area contributed by atoms with Crippen LogP contribution in [0.5, 0.6) is 0 Å². The number of benzene rings is 1. The molecule has 0 spiro atoms. The predicted molar refractivity (Wildman–Crippen MR) is 88.6 cm³/mol. The molecule has 2 N–H and O–H groups in total. The van der Waals surface area contributed by atoms with Gasteiger partial charge < -0.3 is 19.7 Å². The van der Waals surface area contributed by atoms with Gasteiger partial charge in [-0.15, -0.1) is 6.58 Å². The zero-order chi connectivity index (χ0) is 17.8. The lowest BCUT2D eigenvalue weighted by atomic mass is 10.00. The molecule has 1 unspecified atom stereocenters. The molecule has 6 heteroatoms. The fraction of sp³-hybridized carbons (Fsp3) is 0.444. The fourth-order valence-electron chi connectivity index (χ4n) is 2.16. The summed E-state index contributed by atoms with van der Waals surface area (Å²) in [7, 11) is 0. The van der Waals surface area contributed by atoms with E-state index < -0.39 is 24.0 Å². The van der Waals surface area contributed by atoms with Gasteiger partial charge in [-0.05, 0) is 24.8 Å². The zero-order valence-corrected chi connectivity index (χ0v) is 13.6. The van der Waals surface area contributed by atoms with Crippen molar-refractivity contribution >= 4 is 11.9 Å².